The first-order chi connectivity index (χ1) is 13.0. The number of hydrogen-bond donors (Lipinski definition) is 0. The van der Waals surface area contributed by atoms with Crippen molar-refractivity contribution in [2.24, 2.45) is 0 Å². The molecule has 0 radical (unpaired) electrons. The Morgan fingerprint density at radius 2 is 1.41 bits per heavy atom. The summed E-state index contributed by atoms with van der Waals surface area (Å²) in [6.07, 6.45) is 16.8. The van der Waals surface area contributed by atoms with Crippen molar-refractivity contribution in [3.63, 3.8) is 0 Å². The molecule has 0 fully saturated rings. The quantitative estimate of drug-likeness (QED) is 0.372. The molecule has 0 unspecified atom stereocenters. The van der Waals surface area contributed by atoms with Crippen LogP contribution in [0.15, 0.2) is 36.7 Å². The lowest BCUT2D eigenvalue weighted by Crippen LogP contribution is -2.19. The summed E-state index contributed by atoms with van der Waals surface area (Å²) in [4.78, 5) is 0. The van der Waals surface area contributed by atoms with Gasteiger partial charge in [0, 0.05) is 23.5 Å². The summed E-state index contributed by atoms with van der Waals surface area (Å²) >= 11 is 0. The molecule has 2 heteroatoms. The molecule has 0 bridgehead atoms. The highest BCUT2D eigenvalue weighted by Crippen LogP contribution is 2.30. The highest BCUT2D eigenvalue weighted by atomic mass is 16.5. The standard InChI is InChI=1S/C25H39NO/c1-6-7-8-9-10-11-12-13-14-22-19-26(25(2,3)4)20-24(22)21-15-17-23(27-5)18-16-21/h15-20H,6-14H2,1-5H3. The Morgan fingerprint density at radius 3 is 1.96 bits per heavy atom. The van der Waals surface area contributed by atoms with E-state index in [1.54, 1.807) is 7.11 Å². The van der Waals surface area contributed by atoms with Crippen LogP contribution in [0.25, 0.3) is 11.1 Å². The van der Waals surface area contributed by atoms with Gasteiger partial charge in [-0.3, -0.25) is 0 Å². The van der Waals surface area contributed by atoms with E-state index in [9.17, 15) is 0 Å². The van der Waals surface area contributed by atoms with Crippen LogP contribution in [0.3, 0.4) is 0 Å². The van der Waals surface area contributed by atoms with Crippen LogP contribution in [0, 0.1) is 0 Å². The number of nitrogens with zero attached hydrogens (tertiary/aromatic N) is 1. The average molecular weight is 370 g/mol. The van der Waals surface area contributed by atoms with Gasteiger partial charge in [0.2, 0.25) is 0 Å². The zero-order chi connectivity index (χ0) is 19.7. The fourth-order valence-electron chi connectivity index (χ4n) is 3.56. The van der Waals surface area contributed by atoms with Gasteiger partial charge in [0.1, 0.15) is 5.75 Å². The molecule has 0 saturated carbocycles. The molecule has 0 saturated heterocycles. The van der Waals surface area contributed by atoms with E-state index in [1.807, 2.05) is 0 Å². The SMILES string of the molecule is CCCCCCCCCCc1cn(C(C)(C)C)cc1-c1ccc(OC)cc1. The molecule has 0 spiro atoms. The second kappa shape index (κ2) is 10.6. The highest BCUT2D eigenvalue weighted by molar-refractivity contribution is 5.67. The van der Waals surface area contributed by atoms with Gasteiger partial charge in [0.25, 0.3) is 0 Å². The Balaban J connectivity index is 2.00. The first kappa shape index (κ1) is 21.6. The fraction of sp³-hybridized carbons (Fsp3) is 0.600. The molecular formula is C25H39NO. The maximum atomic E-state index is 5.32. The number of aromatic nitrogens is 1. The fourth-order valence-corrected chi connectivity index (χ4v) is 3.56. The van der Waals surface area contributed by atoms with Gasteiger partial charge in [0.15, 0.2) is 0 Å². The molecule has 1 heterocycles. The molecule has 0 N–H and O–H groups in total. The predicted molar refractivity (Wildman–Crippen MR) is 118 cm³/mol. The highest BCUT2D eigenvalue weighted by Gasteiger charge is 2.17. The first-order valence-corrected chi connectivity index (χ1v) is 10.8. The zero-order valence-electron chi connectivity index (χ0n) is 18.2. The monoisotopic (exact) mass is 369 g/mol. The summed E-state index contributed by atoms with van der Waals surface area (Å²) in [5.41, 5.74) is 4.24. The van der Waals surface area contributed by atoms with Crippen LogP contribution in [-0.2, 0) is 12.0 Å². The van der Waals surface area contributed by atoms with E-state index in [2.05, 4.69) is 68.9 Å². The lowest BCUT2D eigenvalue weighted by molar-refractivity contribution is 0.398. The van der Waals surface area contributed by atoms with Crippen LogP contribution in [0.4, 0.5) is 0 Å². The van der Waals surface area contributed by atoms with Crippen LogP contribution in [0.1, 0.15) is 84.6 Å². The molecule has 1 aromatic heterocycles. The summed E-state index contributed by atoms with van der Waals surface area (Å²) in [6.45, 7) is 9.09. The third-order valence-electron chi connectivity index (χ3n) is 5.38. The smallest absolute Gasteiger partial charge is 0.118 e. The van der Waals surface area contributed by atoms with Crippen LogP contribution < -0.4 is 4.74 Å². The topological polar surface area (TPSA) is 14.2 Å². The minimum atomic E-state index is 0.110. The second-order valence-electron chi connectivity index (χ2n) is 8.73. The molecule has 0 aliphatic rings. The molecule has 2 rings (SSSR count). The van der Waals surface area contributed by atoms with Crippen molar-refractivity contribution in [2.45, 2.75) is 91.0 Å². The maximum Gasteiger partial charge on any atom is 0.118 e. The molecule has 0 aliphatic carbocycles. The Kier molecular flexibility index (Phi) is 8.47. The third-order valence-corrected chi connectivity index (χ3v) is 5.38. The Morgan fingerprint density at radius 1 is 0.815 bits per heavy atom. The van der Waals surface area contributed by atoms with Gasteiger partial charge in [-0.1, -0.05) is 64.0 Å². The number of methoxy groups -OCH3 is 1. The number of benzene rings is 1. The molecule has 27 heavy (non-hydrogen) atoms. The van der Waals surface area contributed by atoms with Gasteiger partial charge in [0.05, 0.1) is 7.11 Å². The van der Waals surface area contributed by atoms with Crippen LogP contribution in [0.5, 0.6) is 5.75 Å². The van der Waals surface area contributed by atoms with Crippen molar-refractivity contribution in [1.82, 2.24) is 4.57 Å². The van der Waals surface area contributed by atoms with Gasteiger partial charge in [-0.05, 0) is 56.9 Å². The zero-order valence-corrected chi connectivity index (χ0v) is 18.2. The van der Waals surface area contributed by atoms with Gasteiger partial charge in [-0.15, -0.1) is 0 Å². The number of hydrogen-bond acceptors (Lipinski definition) is 1. The normalized spacial score (nSPS) is 11.7. The van der Waals surface area contributed by atoms with E-state index in [0.29, 0.717) is 0 Å². The molecule has 1 aromatic carbocycles. The van der Waals surface area contributed by atoms with Crippen molar-refractivity contribution < 1.29 is 4.74 Å². The van der Waals surface area contributed by atoms with E-state index in [-0.39, 0.29) is 5.54 Å². The van der Waals surface area contributed by atoms with Crippen LogP contribution >= 0.6 is 0 Å². The molecule has 0 aliphatic heterocycles. The summed E-state index contributed by atoms with van der Waals surface area (Å²) in [7, 11) is 1.72. The first-order valence-electron chi connectivity index (χ1n) is 10.8. The van der Waals surface area contributed by atoms with Gasteiger partial charge >= 0.3 is 0 Å². The summed E-state index contributed by atoms with van der Waals surface area (Å²) in [6, 6.07) is 8.48. The minimum absolute atomic E-state index is 0.110. The molecule has 150 valence electrons. The molecular weight excluding hydrogens is 330 g/mol. The minimum Gasteiger partial charge on any atom is -0.497 e. The van der Waals surface area contributed by atoms with Gasteiger partial charge < -0.3 is 9.30 Å². The lowest BCUT2D eigenvalue weighted by atomic mass is 9.99. The lowest BCUT2D eigenvalue weighted by Gasteiger charge is -2.21. The molecule has 2 aromatic rings. The summed E-state index contributed by atoms with van der Waals surface area (Å²) in [5, 5.41) is 0. The summed E-state index contributed by atoms with van der Waals surface area (Å²) in [5.74, 6) is 0.915. The van der Waals surface area contributed by atoms with Crippen LogP contribution in [-0.4, -0.2) is 11.7 Å². The van der Waals surface area contributed by atoms with E-state index in [0.717, 1.165) is 5.75 Å². The number of rotatable bonds is 11. The second-order valence-corrected chi connectivity index (χ2v) is 8.73. The van der Waals surface area contributed by atoms with Crippen molar-refractivity contribution in [3.05, 3.63) is 42.2 Å². The molecule has 2 nitrogen and oxygen atoms in total. The van der Waals surface area contributed by atoms with Gasteiger partial charge in [-0.2, -0.15) is 0 Å². The van der Waals surface area contributed by atoms with E-state index in [4.69, 9.17) is 4.74 Å². The average Bonchev–Trinajstić information content (AvgIpc) is 3.08. The third kappa shape index (κ3) is 6.75. The van der Waals surface area contributed by atoms with E-state index < -0.39 is 0 Å². The Bertz CT molecular complexity index is 661. The maximum absolute atomic E-state index is 5.32. The number of aryl methyl sites for hydroxylation is 1. The van der Waals surface area contributed by atoms with Crippen molar-refractivity contribution in [2.75, 3.05) is 7.11 Å². The number of unbranched alkanes of at least 4 members (excludes halogenated alkanes) is 7. The van der Waals surface area contributed by atoms with Crippen LogP contribution in [0.2, 0.25) is 0 Å². The number of ether oxygens (including phenoxy) is 1. The van der Waals surface area contributed by atoms with Gasteiger partial charge in [-0.25, -0.2) is 0 Å². The van der Waals surface area contributed by atoms with E-state index >= 15 is 0 Å². The Labute approximate surface area is 166 Å². The molecule has 0 atom stereocenters. The largest absolute Gasteiger partial charge is 0.497 e. The van der Waals surface area contributed by atoms with E-state index in [1.165, 1.54) is 74.5 Å². The summed E-state index contributed by atoms with van der Waals surface area (Å²) < 4.78 is 7.68. The predicted octanol–water partition coefficient (Wildman–Crippen LogP) is 7.60. The van der Waals surface area contributed by atoms with Crippen molar-refractivity contribution in [1.29, 1.82) is 0 Å². The van der Waals surface area contributed by atoms with Crippen molar-refractivity contribution >= 4 is 0 Å². The Hall–Kier alpha value is -1.70. The van der Waals surface area contributed by atoms with Crippen molar-refractivity contribution in [3.8, 4) is 16.9 Å². The molecule has 0 amide bonds.